The highest BCUT2D eigenvalue weighted by Crippen LogP contribution is 2.21. The third-order valence-electron chi connectivity index (χ3n) is 2.27. The summed E-state index contributed by atoms with van der Waals surface area (Å²) in [4.78, 5) is 0. The van der Waals surface area contributed by atoms with Gasteiger partial charge in [-0.25, -0.2) is 8.42 Å². The van der Waals surface area contributed by atoms with Gasteiger partial charge in [0, 0.05) is 13.2 Å². The fourth-order valence-electron chi connectivity index (χ4n) is 1.40. The molecule has 0 aliphatic heterocycles. The first-order chi connectivity index (χ1) is 7.96. The highest BCUT2D eigenvalue weighted by molar-refractivity contribution is 7.92. The minimum absolute atomic E-state index is 0.0726. The van der Waals surface area contributed by atoms with Crippen molar-refractivity contribution < 1.29 is 13.2 Å². The van der Waals surface area contributed by atoms with Crippen molar-refractivity contribution in [3.63, 3.8) is 0 Å². The molecular weight excluding hydrogens is 240 g/mol. The summed E-state index contributed by atoms with van der Waals surface area (Å²) >= 11 is 0. The van der Waals surface area contributed by atoms with Crippen molar-refractivity contribution in [2.45, 2.75) is 13.0 Å². The highest BCUT2D eigenvalue weighted by atomic mass is 32.2. The van der Waals surface area contributed by atoms with Crippen molar-refractivity contribution in [2.75, 3.05) is 24.2 Å². The third kappa shape index (κ3) is 4.33. The molecule has 0 bridgehead atoms. The predicted molar refractivity (Wildman–Crippen MR) is 68.3 cm³/mol. The Labute approximate surface area is 102 Å². The number of ether oxygens (including phenoxy) is 1. The average Bonchev–Trinajstić information content (AvgIpc) is 2.26. The topological polar surface area (TPSA) is 81.4 Å². The Kier molecular flexibility index (Phi) is 4.92. The smallest absolute Gasteiger partial charge is 0.235 e. The van der Waals surface area contributed by atoms with Gasteiger partial charge in [-0.15, -0.1) is 0 Å². The van der Waals surface area contributed by atoms with Crippen LogP contribution in [0.1, 0.15) is 18.5 Å². The molecule has 0 saturated carbocycles. The van der Waals surface area contributed by atoms with Gasteiger partial charge in [0.2, 0.25) is 10.0 Å². The van der Waals surface area contributed by atoms with Crippen molar-refractivity contribution in [1.82, 2.24) is 0 Å². The Morgan fingerprint density at radius 3 is 2.65 bits per heavy atom. The molecule has 1 aromatic carbocycles. The molecule has 0 heterocycles. The fraction of sp³-hybridized carbons (Fsp3) is 0.455. The molecule has 6 heteroatoms. The maximum absolute atomic E-state index is 11.7. The second-order valence-corrected chi connectivity index (χ2v) is 5.63. The summed E-state index contributed by atoms with van der Waals surface area (Å²) in [6, 6.07) is 6.87. The van der Waals surface area contributed by atoms with Crippen LogP contribution in [0.15, 0.2) is 24.3 Å². The molecule has 3 N–H and O–H groups in total. The van der Waals surface area contributed by atoms with Gasteiger partial charge >= 0.3 is 0 Å². The summed E-state index contributed by atoms with van der Waals surface area (Å²) in [5.74, 6) is -0.0726. The zero-order valence-corrected chi connectivity index (χ0v) is 10.8. The van der Waals surface area contributed by atoms with E-state index in [2.05, 4.69) is 4.72 Å². The van der Waals surface area contributed by atoms with Crippen molar-refractivity contribution in [2.24, 2.45) is 5.73 Å². The van der Waals surface area contributed by atoms with E-state index in [1.807, 2.05) is 13.0 Å². The highest BCUT2D eigenvalue weighted by Gasteiger charge is 2.13. The lowest BCUT2D eigenvalue weighted by Crippen LogP contribution is -2.21. The van der Waals surface area contributed by atoms with Crippen LogP contribution < -0.4 is 10.5 Å². The summed E-state index contributed by atoms with van der Waals surface area (Å²) < 4.78 is 30.7. The summed E-state index contributed by atoms with van der Waals surface area (Å²) in [6.07, 6.45) is 0. The van der Waals surface area contributed by atoms with Gasteiger partial charge in [-0.2, -0.15) is 0 Å². The van der Waals surface area contributed by atoms with Crippen LogP contribution in [0.4, 0.5) is 5.69 Å². The van der Waals surface area contributed by atoms with Crippen molar-refractivity contribution in [1.29, 1.82) is 0 Å². The molecule has 17 heavy (non-hydrogen) atoms. The van der Waals surface area contributed by atoms with E-state index in [9.17, 15) is 8.42 Å². The fourth-order valence-corrected chi connectivity index (χ4v) is 2.41. The molecule has 0 aromatic heterocycles. The largest absolute Gasteiger partial charge is 0.384 e. The molecule has 96 valence electrons. The molecule has 1 unspecified atom stereocenters. The zero-order chi connectivity index (χ0) is 12.9. The van der Waals surface area contributed by atoms with Gasteiger partial charge in [-0.1, -0.05) is 18.2 Å². The lowest BCUT2D eigenvalue weighted by Gasteiger charge is -2.14. The maximum Gasteiger partial charge on any atom is 0.235 e. The Hall–Kier alpha value is -1.11. The van der Waals surface area contributed by atoms with Crippen LogP contribution in [0.2, 0.25) is 0 Å². The van der Waals surface area contributed by atoms with E-state index in [-0.39, 0.29) is 18.4 Å². The molecule has 0 fully saturated rings. The summed E-state index contributed by atoms with van der Waals surface area (Å²) in [5, 5.41) is 0. The Balaban J connectivity index is 2.88. The Morgan fingerprint density at radius 2 is 2.06 bits per heavy atom. The molecule has 1 atom stereocenters. The maximum atomic E-state index is 11.7. The van der Waals surface area contributed by atoms with E-state index < -0.39 is 10.0 Å². The lowest BCUT2D eigenvalue weighted by atomic mass is 10.1. The number of para-hydroxylation sites is 1. The number of anilines is 1. The molecule has 5 nitrogen and oxygen atoms in total. The number of nitrogens with one attached hydrogen (secondary N) is 1. The number of sulfonamides is 1. The molecule has 0 spiro atoms. The van der Waals surface area contributed by atoms with Crippen LogP contribution in [0.3, 0.4) is 0 Å². The number of hydrogen-bond acceptors (Lipinski definition) is 4. The van der Waals surface area contributed by atoms with E-state index in [0.717, 1.165) is 5.56 Å². The van der Waals surface area contributed by atoms with Crippen LogP contribution in [0.25, 0.3) is 0 Å². The molecule has 0 radical (unpaired) electrons. The minimum atomic E-state index is -3.38. The van der Waals surface area contributed by atoms with Gasteiger partial charge in [0.05, 0.1) is 18.0 Å². The SMILES string of the molecule is COCCS(=O)(=O)Nc1ccccc1C(C)N. The summed E-state index contributed by atoms with van der Waals surface area (Å²) in [6.45, 7) is 1.97. The van der Waals surface area contributed by atoms with Gasteiger partial charge in [0.1, 0.15) is 0 Å². The normalized spacial score (nSPS) is 13.4. The molecular formula is C11H18N2O3S. The molecule has 1 aromatic rings. The molecule has 0 amide bonds. The number of nitrogens with two attached hydrogens (primary N) is 1. The second-order valence-electron chi connectivity index (χ2n) is 3.79. The van der Waals surface area contributed by atoms with Gasteiger partial charge in [0.15, 0.2) is 0 Å². The first-order valence-electron chi connectivity index (χ1n) is 5.30. The average molecular weight is 258 g/mol. The van der Waals surface area contributed by atoms with E-state index in [0.29, 0.717) is 5.69 Å². The van der Waals surface area contributed by atoms with Gasteiger partial charge < -0.3 is 10.5 Å². The molecule has 0 aliphatic carbocycles. The first kappa shape index (κ1) is 14.0. The van der Waals surface area contributed by atoms with Crippen LogP contribution >= 0.6 is 0 Å². The molecule has 0 aliphatic rings. The van der Waals surface area contributed by atoms with Crippen LogP contribution in [0.5, 0.6) is 0 Å². The summed E-state index contributed by atoms with van der Waals surface area (Å²) in [5.41, 5.74) is 7.07. The molecule has 1 rings (SSSR count). The summed E-state index contributed by atoms with van der Waals surface area (Å²) in [7, 11) is -1.92. The second kappa shape index (κ2) is 6.00. The van der Waals surface area contributed by atoms with Crippen molar-refractivity contribution in [3.05, 3.63) is 29.8 Å². The Morgan fingerprint density at radius 1 is 1.41 bits per heavy atom. The van der Waals surface area contributed by atoms with E-state index in [4.69, 9.17) is 10.5 Å². The standard InChI is InChI=1S/C11H18N2O3S/c1-9(12)10-5-3-4-6-11(10)13-17(14,15)8-7-16-2/h3-6,9,13H,7-8,12H2,1-2H3. The van der Waals surface area contributed by atoms with Crippen molar-refractivity contribution in [3.8, 4) is 0 Å². The van der Waals surface area contributed by atoms with Gasteiger partial charge in [-0.3, -0.25) is 4.72 Å². The number of methoxy groups -OCH3 is 1. The Bertz CT molecular complexity index is 458. The van der Waals surface area contributed by atoms with Crippen LogP contribution in [-0.4, -0.2) is 27.9 Å². The first-order valence-corrected chi connectivity index (χ1v) is 6.95. The van der Waals surface area contributed by atoms with E-state index >= 15 is 0 Å². The van der Waals surface area contributed by atoms with E-state index in [1.54, 1.807) is 18.2 Å². The quantitative estimate of drug-likeness (QED) is 0.800. The zero-order valence-electron chi connectivity index (χ0n) is 10.0. The lowest BCUT2D eigenvalue weighted by molar-refractivity contribution is 0.217. The van der Waals surface area contributed by atoms with E-state index in [1.165, 1.54) is 7.11 Å². The van der Waals surface area contributed by atoms with Gasteiger partial charge in [-0.05, 0) is 18.6 Å². The number of hydrogen-bond donors (Lipinski definition) is 2. The molecule has 0 saturated heterocycles. The van der Waals surface area contributed by atoms with Crippen LogP contribution in [-0.2, 0) is 14.8 Å². The third-order valence-corrected chi connectivity index (χ3v) is 3.51. The monoisotopic (exact) mass is 258 g/mol. The minimum Gasteiger partial charge on any atom is -0.384 e. The number of rotatable bonds is 6. The van der Waals surface area contributed by atoms with Crippen molar-refractivity contribution >= 4 is 15.7 Å². The van der Waals surface area contributed by atoms with Crippen LogP contribution in [0, 0.1) is 0 Å². The van der Waals surface area contributed by atoms with Gasteiger partial charge in [0.25, 0.3) is 0 Å². The number of benzene rings is 1. The predicted octanol–water partition coefficient (Wildman–Crippen LogP) is 1.09.